The molecule has 8 heteroatoms. The van der Waals surface area contributed by atoms with E-state index < -0.39 is 7.82 Å². The van der Waals surface area contributed by atoms with Gasteiger partial charge < -0.3 is 20.2 Å². The SMILES string of the molecule is C=C.O.O=P(O)(O)O.[NaH].[NaH]. The second kappa shape index (κ2) is 17.1. The van der Waals surface area contributed by atoms with Gasteiger partial charge in [-0.15, -0.1) is 13.2 Å². The predicted octanol–water partition coefficient (Wildman–Crippen LogP) is -2.25. The molecule has 0 spiro atoms. The van der Waals surface area contributed by atoms with Gasteiger partial charge in [0.15, 0.2) is 0 Å². The van der Waals surface area contributed by atoms with Crippen molar-refractivity contribution in [1.82, 2.24) is 0 Å². The number of hydrogen-bond donors (Lipinski definition) is 3. The Morgan fingerprint density at radius 1 is 1.00 bits per heavy atom. The van der Waals surface area contributed by atoms with Crippen LogP contribution in [-0.4, -0.2) is 79.3 Å². The summed E-state index contributed by atoms with van der Waals surface area (Å²) in [5, 5.41) is 0. The van der Waals surface area contributed by atoms with Crippen LogP contribution in [0.2, 0.25) is 0 Å². The van der Waals surface area contributed by atoms with Gasteiger partial charge in [0.2, 0.25) is 0 Å². The van der Waals surface area contributed by atoms with Crippen LogP contribution in [0.3, 0.4) is 0 Å². The van der Waals surface area contributed by atoms with Crippen LogP contribution in [0, 0.1) is 0 Å². The van der Waals surface area contributed by atoms with Crippen molar-refractivity contribution in [2.24, 2.45) is 0 Å². The molecule has 0 aliphatic heterocycles. The van der Waals surface area contributed by atoms with Crippen molar-refractivity contribution in [3.05, 3.63) is 13.2 Å². The van der Waals surface area contributed by atoms with Gasteiger partial charge >= 0.3 is 66.9 Å². The monoisotopic (exact) mass is 192 g/mol. The van der Waals surface area contributed by atoms with E-state index in [1.807, 2.05) is 0 Å². The molecule has 0 aliphatic carbocycles. The van der Waals surface area contributed by atoms with Gasteiger partial charge in [0.1, 0.15) is 0 Å². The van der Waals surface area contributed by atoms with Gasteiger partial charge in [-0.25, -0.2) is 4.57 Å². The summed E-state index contributed by atoms with van der Waals surface area (Å²) >= 11 is 0. The molecule has 0 saturated heterocycles. The van der Waals surface area contributed by atoms with Crippen molar-refractivity contribution < 1.29 is 24.7 Å². The molecule has 0 fully saturated rings. The molecule has 0 unspecified atom stereocenters. The van der Waals surface area contributed by atoms with Crippen LogP contribution >= 0.6 is 7.82 Å². The summed E-state index contributed by atoms with van der Waals surface area (Å²) in [7, 11) is -4.64. The number of rotatable bonds is 0. The van der Waals surface area contributed by atoms with Crippen LogP contribution in [0.25, 0.3) is 0 Å². The van der Waals surface area contributed by atoms with E-state index in [1.165, 1.54) is 0 Å². The Labute approximate surface area is 104 Å². The first-order chi connectivity index (χ1) is 3.00. The maximum atomic E-state index is 8.88. The minimum absolute atomic E-state index is 0. The second-order valence-electron chi connectivity index (χ2n) is 0.513. The van der Waals surface area contributed by atoms with Crippen LogP contribution < -0.4 is 0 Å². The Morgan fingerprint density at radius 3 is 1.00 bits per heavy atom. The molecule has 0 saturated carbocycles. The van der Waals surface area contributed by atoms with E-state index >= 15 is 0 Å². The molecule has 0 bridgehead atoms. The quantitative estimate of drug-likeness (QED) is 0.229. The summed E-state index contributed by atoms with van der Waals surface area (Å²) in [5.74, 6) is 0. The van der Waals surface area contributed by atoms with Crippen molar-refractivity contribution in [2.75, 3.05) is 0 Å². The zero-order valence-corrected chi connectivity index (χ0v) is 5.01. The van der Waals surface area contributed by atoms with Crippen LogP contribution in [-0.2, 0) is 4.57 Å². The molecule has 10 heavy (non-hydrogen) atoms. The molecule has 5 N–H and O–H groups in total. The number of hydrogen-bond acceptors (Lipinski definition) is 1. The van der Waals surface area contributed by atoms with Crippen molar-refractivity contribution in [2.45, 2.75) is 0 Å². The average Bonchev–Trinajstić information content (AvgIpc) is 1.36. The molecular formula is C2H11Na2O5P. The molecule has 0 aromatic heterocycles. The molecule has 0 aromatic carbocycles. The third-order valence-corrected chi connectivity index (χ3v) is 0. The topological polar surface area (TPSA) is 109 Å². The first kappa shape index (κ1) is 29.8. The van der Waals surface area contributed by atoms with Crippen molar-refractivity contribution in [1.29, 1.82) is 0 Å². The van der Waals surface area contributed by atoms with E-state index in [4.69, 9.17) is 19.2 Å². The Bertz CT molecular complexity index is 73.5. The van der Waals surface area contributed by atoms with Crippen molar-refractivity contribution >= 4 is 66.9 Å². The van der Waals surface area contributed by atoms with E-state index in [-0.39, 0.29) is 64.6 Å². The average molecular weight is 192 g/mol. The Morgan fingerprint density at radius 2 is 1.00 bits per heavy atom. The number of phosphoric acid groups is 1. The molecular weight excluding hydrogens is 181 g/mol. The molecule has 0 rings (SSSR count). The Kier molecular flexibility index (Phi) is 50.8. The summed E-state index contributed by atoms with van der Waals surface area (Å²) in [5.41, 5.74) is 0. The summed E-state index contributed by atoms with van der Waals surface area (Å²) in [6, 6.07) is 0. The molecule has 0 amide bonds. The van der Waals surface area contributed by atoms with E-state index in [0.717, 1.165) is 0 Å². The fraction of sp³-hybridized carbons (Fsp3) is 0. The zero-order chi connectivity index (χ0) is 6.50. The summed E-state index contributed by atoms with van der Waals surface area (Å²) in [6.07, 6.45) is 0. The van der Waals surface area contributed by atoms with E-state index in [2.05, 4.69) is 13.2 Å². The summed E-state index contributed by atoms with van der Waals surface area (Å²) in [6.45, 7) is 6.00. The summed E-state index contributed by atoms with van der Waals surface area (Å²) in [4.78, 5) is 21.6. The third kappa shape index (κ3) is 232. The molecule has 0 radical (unpaired) electrons. The normalized spacial score (nSPS) is 6.30. The first-order valence-electron chi connectivity index (χ1n) is 1.28. The van der Waals surface area contributed by atoms with Gasteiger partial charge in [-0.1, -0.05) is 0 Å². The standard InChI is InChI=1S/C2H4.2Na.H3O4P.H2O.2H/c1-2;;;1-5(2,3)4;;;/h1-2H2;;;(H3,1,2,3,4);1H2;;. The Balaban J connectivity index is -0.0000000154. The van der Waals surface area contributed by atoms with Gasteiger partial charge in [0.05, 0.1) is 0 Å². The third-order valence-electron chi connectivity index (χ3n) is 0. The van der Waals surface area contributed by atoms with Crippen LogP contribution in [0.5, 0.6) is 0 Å². The minimum atomic E-state index is -4.64. The molecule has 5 nitrogen and oxygen atoms in total. The van der Waals surface area contributed by atoms with Gasteiger partial charge in [0.25, 0.3) is 0 Å². The Hall–Kier alpha value is 1.81. The molecule has 0 heterocycles. The predicted molar refractivity (Wildman–Crippen MR) is 43.4 cm³/mol. The van der Waals surface area contributed by atoms with Crippen molar-refractivity contribution in [3.8, 4) is 0 Å². The second-order valence-corrected chi connectivity index (χ2v) is 1.54. The molecule has 0 aromatic rings. The van der Waals surface area contributed by atoms with E-state index in [9.17, 15) is 0 Å². The van der Waals surface area contributed by atoms with Gasteiger partial charge in [0, 0.05) is 0 Å². The molecule has 0 atom stereocenters. The fourth-order valence-corrected chi connectivity index (χ4v) is 0. The fourth-order valence-electron chi connectivity index (χ4n) is 0. The summed E-state index contributed by atoms with van der Waals surface area (Å²) < 4.78 is 8.88. The van der Waals surface area contributed by atoms with Crippen LogP contribution in [0.4, 0.5) is 0 Å². The van der Waals surface area contributed by atoms with Crippen LogP contribution in [0.1, 0.15) is 0 Å². The first-order valence-corrected chi connectivity index (χ1v) is 2.85. The van der Waals surface area contributed by atoms with Gasteiger partial charge in [-0.2, -0.15) is 0 Å². The molecule has 56 valence electrons. The van der Waals surface area contributed by atoms with Gasteiger partial charge in [-0.05, 0) is 0 Å². The van der Waals surface area contributed by atoms with Crippen LogP contribution in [0.15, 0.2) is 13.2 Å². The van der Waals surface area contributed by atoms with Gasteiger partial charge in [-0.3, -0.25) is 0 Å². The zero-order valence-electron chi connectivity index (χ0n) is 4.11. The molecule has 0 aliphatic rings. The van der Waals surface area contributed by atoms with E-state index in [1.54, 1.807) is 0 Å². The van der Waals surface area contributed by atoms with E-state index in [0.29, 0.717) is 0 Å². The maximum absolute atomic E-state index is 8.88. The van der Waals surface area contributed by atoms with Crippen molar-refractivity contribution in [3.63, 3.8) is 0 Å².